The van der Waals surface area contributed by atoms with E-state index in [9.17, 15) is 4.79 Å². The van der Waals surface area contributed by atoms with Gasteiger partial charge in [-0.05, 0) is 26.2 Å². The highest BCUT2D eigenvalue weighted by atomic mass is 16.7. The zero-order chi connectivity index (χ0) is 17.3. The molecule has 130 valence electrons. The fraction of sp³-hybridized carbons (Fsp3) is 0.588. The largest absolute Gasteiger partial charge is 0.494 e. The molecule has 0 spiro atoms. The number of methoxy groups -OCH3 is 1. The van der Waals surface area contributed by atoms with Crippen molar-refractivity contribution in [3.8, 4) is 0 Å². The molecule has 0 radical (unpaired) electrons. The standard InChI is InChI=1S/C17H23BO6/c1-17(2,3)16(19)22-13-12-10-21-15(20-4)14(13)24-18(23-12)11-8-6-5-7-9-11/h5-9,12-15H,10H2,1-4H3. The Hall–Kier alpha value is -1.41. The van der Waals surface area contributed by atoms with Gasteiger partial charge in [-0.25, -0.2) is 0 Å². The van der Waals surface area contributed by atoms with Crippen molar-refractivity contribution >= 4 is 18.6 Å². The van der Waals surface area contributed by atoms with E-state index in [2.05, 4.69) is 0 Å². The van der Waals surface area contributed by atoms with Gasteiger partial charge in [-0.15, -0.1) is 0 Å². The second-order valence-electron chi connectivity index (χ2n) is 7.08. The Labute approximate surface area is 142 Å². The first-order valence-corrected chi connectivity index (χ1v) is 8.11. The number of rotatable bonds is 3. The van der Waals surface area contributed by atoms with Crippen molar-refractivity contribution in [1.82, 2.24) is 0 Å². The first kappa shape index (κ1) is 17.4. The summed E-state index contributed by atoms with van der Waals surface area (Å²) >= 11 is 0. The topological polar surface area (TPSA) is 63.2 Å². The minimum Gasteiger partial charge on any atom is -0.456 e. The summed E-state index contributed by atoms with van der Waals surface area (Å²) in [5.74, 6) is -0.301. The quantitative estimate of drug-likeness (QED) is 0.610. The second-order valence-corrected chi connectivity index (χ2v) is 7.08. The summed E-state index contributed by atoms with van der Waals surface area (Å²) in [5, 5.41) is 0. The monoisotopic (exact) mass is 334 g/mol. The van der Waals surface area contributed by atoms with Crippen molar-refractivity contribution in [2.24, 2.45) is 5.41 Å². The van der Waals surface area contributed by atoms with E-state index in [4.69, 9.17) is 23.5 Å². The van der Waals surface area contributed by atoms with E-state index >= 15 is 0 Å². The zero-order valence-electron chi connectivity index (χ0n) is 14.4. The van der Waals surface area contributed by atoms with Crippen LogP contribution >= 0.6 is 0 Å². The molecular weight excluding hydrogens is 311 g/mol. The van der Waals surface area contributed by atoms with Crippen LogP contribution in [0.3, 0.4) is 0 Å². The number of fused-ring (bicyclic) bond motifs is 2. The molecule has 2 heterocycles. The SMILES string of the molecule is COC1OCC2OB(c3ccccc3)OC1C2OC(=O)C(C)(C)C. The summed E-state index contributed by atoms with van der Waals surface area (Å²) in [7, 11) is 1.01. The van der Waals surface area contributed by atoms with E-state index in [1.54, 1.807) is 7.11 Å². The van der Waals surface area contributed by atoms with Gasteiger partial charge >= 0.3 is 13.1 Å². The summed E-state index contributed by atoms with van der Waals surface area (Å²) in [5.41, 5.74) is 0.304. The molecule has 2 bridgehead atoms. The van der Waals surface area contributed by atoms with E-state index in [-0.39, 0.29) is 12.6 Å². The van der Waals surface area contributed by atoms with E-state index in [1.165, 1.54) is 0 Å². The number of esters is 1. The number of carbonyl (C=O) groups excluding carboxylic acids is 1. The van der Waals surface area contributed by atoms with Gasteiger partial charge in [-0.1, -0.05) is 30.3 Å². The van der Waals surface area contributed by atoms with Crippen LogP contribution < -0.4 is 5.46 Å². The normalized spacial score (nSPS) is 30.1. The number of ether oxygens (including phenoxy) is 3. The first-order chi connectivity index (χ1) is 11.4. The van der Waals surface area contributed by atoms with Gasteiger partial charge in [0.1, 0.15) is 12.2 Å². The summed E-state index contributed by atoms with van der Waals surface area (Å²) < 4.78 is 28.7. The highest BCUT2D eigenvalue weighted by molar-refractivity contribution is 6.61. The fourth-order valence-electron chi connectivity index (χ4n) is 2.75. The predicted molar refractivity (Wildman–Crippen MR) is 87.7 cm³/mol. The molecule has 0 saturated carbocycles. The average molecular weight is 334 g/mol. The molecule has 4 unspecified atom stereocenters. The highest BCUT2D eigenvalue weighted by Crippen LogP contribution is 2.31. The second kappa shape index (κ2) is 6.84. The van der Waals surface area contributed by atoms with Crippen LogP contribution in [0.4, 0.5) is 0 Å². The minimum absolute atomic E-state index is 0.282. The first-order valence-electron chi connectivity index (χ1n) is 8.11. The van der Waals surface area contributed by atoms with Crippen molar-refractivity contribution in [2.45, 2.75) is 45.4 Å². The van der Waals surface area contributed by atoms with Crippen molar-refractivity contribution in [1.29, 1.82) is 0 Å². The number of benzene rings is 1. The molecule has 0 aromatic heterocycles. The molecule has 2 saturated heterocycles. The smallest absolute Gasteiger partial charge is 0.456 e. The average Bonchev–Trinajstić information content (AvgIpc) is 2.55. The summed E-state index contributed by atoms with van der Waals surface area (Å²) in [4.78, 5) is 12.3. The molecule has 1 aromatic carbocycles. The van der Waals surface area contributed by atoms with Crippen LogP contribution in [0.25, 0.3) is 0 Å². The van der Waals surface area contributed by atoms with Crippen molar-refractivity contribution in [3.05, 3.63) is 30.3 Å². The number of hydrogen-bond acceptors (Lipinski definition) is 6. The fourth-order valence-corrected chi connectivity index (χ4v) is 2.75. The van der Waals surface area contributed by atoms with Crippen molar-refractivity contribution in [3.63, 3.8) is 0 Å². The lowest BCUT2D eigenvalue weighted by atomic mass is 9.76. The van der Waals surface area contributed by atoms with Crippen LogP contribution in [0, 0.1) is 5.41 Å². The van der Waals surface area contributed by atoms with Crippen LogP contribution in [0.1, 0.15) is 20.8 Å². The molecule has 2 aliphatic heterocycles. The van der Waals surface area contributed by atoms with Gasteiger partial charge in [0.15, 0.2) is 12.4 Å². The van der Waals surface area contributed by atoms with E-state index in [0.717, 1.165) is 5.46 Å². The van der Waals surface area contributed by atoms with Gasteiger partial charge in [-0.2, -0.15) is 0 Å². The van der Waals surface area contributed by atoms with Gasteiger partial charge in [0.05, 0.1) is 12.0 Å². The summed E-state index contributed by atoms with van der Waals surface area (Å²) in [6, 6.07) is 9.65. The molecule has 7 heteroatoms. The maximum Gasteiger partial charge on any atom is 0.494 e. The summed E-state index contributed by atoms with van der Waals surface area (Å²) in [6.45, 7) is 5.72. The molecule has 0 N–H and O–H groups in total. The Morgan fingerprint density at radius 1 is 1.21 bits per heavy atom. The Morgan fingerprint density at radius 2 is 1.92 bits per heavy atom. The zero-order valence-corrected chi connectivity index (χ0v) is 14.4. The minimum atomic E-state index is -0.603. The number of hydrogen-bond donors (Lipinski definition) is 0. The van der Waals surface area contributed by atoms with Gasteiger partial charge in [0, 0.05) is 7.11 Å². The van der Waals surface area contributed by atoms with Crippen LogP contribution in [-0.2, 0) is 28.3 Å². The van der Waals surface area contributed by atoms with Crippen LogP contribution in [0.2, 0.25) is 0 Å². The molecule has 1 aromatic rings. The van der Waals surface area contributed by atoms with Crippen LogP contribution in [0.15, 0.2) is 30.3 Å². The molecular formula is C17H23BO6. The third-order valence-electron chi connectivity index (χ3n) is 4.12. The maximum absolute atomic E-state index is 12.3. The van der Waals surface area contributed by atoms with E-state index < -0.39 is 37.1 Å². The van der Waals surface area contributed by atoms with Gasteiger partial charge in [0.25, 0.3) is 0 Å². The molecule has 24 heavy (non-hydrogen) atoms. The van der Waals surface area contributed by atoms with Crippen LogP contribution in [0.5, 0.6) is 0 Å². The highest BCUT2D eigenvalue weighted by Gasteiger charge is 2.52. The molecule has 3 rings (SSSR count). The molecule has 2 aliphatic rings. The van der Waals surface area contributed by atoms with Crippen molar-refractivity contribution in [2.75, 3.05) is 13.7 Å². The lowest BCUT2D eigenvalue weighted by molar-refractivity contribution is -0.279. The molecule has 2 fully saturated rings. The lowest BCUT2D eigenvalue weighted by Gasteiger charge is -2.47. The van der Waals surface area contributed by atoms with Crippen molar-refractivity contribution < 1.29 is 28.3 Å². The Kier molecular flexibility index (Phi) is 4.96. The molecule has 6 nitrogen and oxygen atoms in total. The van der Waals surface area contributed by atoms with E-state index in [0.29, 0.717) is 0 Å². The van der Waals surface area contributed by atoms with Gasteiger partial charge < -0.3 is 23.5 Å². The lowest BCUT2D eigenvalue weighted by Crippen LogP contribution is -2.66. The third kappa shape index (κ3) is 3.49. The Bertz CT molecular complexity index is 572. The summed E-state index contributed by atoms with van der Waals surface area (Å²) in [6.07, 6.45) is -2.10. The third-order valence-corrected chi connectivity index (χ3v) is 4.12. The molecule has 0 amide bonds. The number of carbonyl (C=O) groups is 1. The Balaban J connectivity index is 1.80. The van der Waals surface area contributed by atoms with E-state index in [1.807, 2.05) is 51.1 Å². The van der Waals surface area contributed by atoms with Crippen LogP contribution in [-0.4, -0.2) is 51.4 Å². The maximum atomic E-state index is 12.3. The molecule has 0 aliphatic carbocycles. The van der Waals surface area contributed by atoms with Gasteiger partial charge in [0.2, 0.25) is 0 Å². The Morgan fingerprint density at radius 3 is 2.54 bits per heavy atom. The van der Waals surface area contributed by atoms with Gasteiger partial charge in [-0.3, -0.25) is 4.79 Å². The molecule has 4 atom stereocenters. The predicted octanol–water partition coefficient (Wildman–Crippen LogP) is 1.13.